The number of hydrogen-bond acceptors (Lipinski definition) is 5. The highest BCUT2D eigenvalue weighted by Gasteiger charge is 2.30. The quantitative estimate of drug-likeness (QED) is 0.486. The second-order valence-corrected chi connectivity index (χ2v) is 8.40. The molecule has 6 nitrogen and oxygen atoms in total. The number of halogens is 3. The van der Waals surface area contributed by atoms with Gasteiger partial charge in [-0.15, -0.1) is 13.2 Å². The fraction of sp³-hybridized carbons (Fsp3) is 0.308. The molecule has 1 amide bonds. The Balaban J connectivity index is 1.40. The predicted octanol–water partition coefficient (Wildman–Crippen LogP) is 5.24. The zero-order valence-corrected chi connectivity index (χ0v) is 19.6. The van der Waals surface area contributed by atoms with E-state index in [0.29, 0.717) is 11.3 Å². The molecule has 1 aliphatic heterocycles. The standard InChI is InChI=1S/C26H27F3N4O2/c1-3-32-12-14-33(15-13-32)25-18(2)16-20-17-21(7-10-23(20)31-25)30-24(34)11-6-19-4-8-22(9-5-19)35-26(27,28)29/h4-11,16-17H,3,12-15H2,1-2H3,(H,30,34)/b11-6-. The molecule has 0 radical (unpaired) electrons. The van der Waals surface area contributed by atoms with Crippen molar-refractivity contribution in [2.45, 2.75) is 20.2 Å². The number of amides is 1. The summed E-state index contributed by atoms with van der Waals surface area (Å²) in [7, 11) is 0. The van der Waals surface area contributed by atoms with E-state index in [1.807, 2.05) is 19.1 Å². The van der Waals surface area contributed by atoms with Gasteiger partial charge in [-0.2, -0.15) is 0 Å². The van der Waals surface area contributed by atoms with Crippen molar-refractivity contribution in [1.29, 1.82) is 0 Å². The van der Waals surface area contributed by atoms with Crippen LogP contribution in [0.1, 0.15) is 18.1 Å². The third kappa shape index (κ3) is 6.51. The summed E-state index contributed by atoms with van der Waals surface area (Å²) in [5, 5.41) is 3.74. The third-order valence-corrected chi connectivity index (χ3v) is 5.91. The summed E-state index contributed by atoms with van der Waals surface area (Å²) in [5.41, 5.74) is 3.15. The summed E-state index contributed by atoms with van der Waals surface area (Å²) < 4.78 is 40.6. The zero-order chi connectivity index (χ0) is 25.0. The summed E-state index contributed by atoms with van der Waals surface area (Å²) in [6, 6.07) is 12.9. The van der Waals surface area contributed by atoms with Crippen LogP contribution in [0.3, 0.4) is 0 Å². The number of carbonyl (C=O) groups is 1. The van der Waals surface area contributed by atoms with Crippen LogP contribution in [0, 0.1) is 6.92 Å². The number of benzene rings is 2. The Morgan fingerprint density at radius 3 is 2.46 bits per heavy atom. The van der Waals surface area contributed by atoms with Crippen molar-refractivity contribution in [2.24, 2.45) is 0 Å². The lowest BCUT2D eigenvalue weighted by molar-refractivity contribution is -0.274. The number of anilines is 2. The molecule has 4 rings (SSSR count). The minimum absolute atomic E-state index is 0.314. The maximum atomic E-state index is 12.4. The summed E-state index contributed by atoms with van der Waals surface area (Å²) in [4.78, 5) is 22.0. The molecule has 0 bridgehead atoms. The topological polar surface area (TPSA) is 57.7 Å². The van der Waals surface area contributed by atoms with Gasteiger partial charge in [0.15, 0.2) is 0 Å². The minimum Gasteiger partial charge on any atom is -0.406 e. The number of alkyl halides is 3. The van der Waals surface area contributed by atoms with Crippen LogP contribution in [0.25, 0.3) is 17.0 Å². The highest BCUT2D eigenvalue weighted by molar-refractivity contribution is 6.03. The van der Waals surface area contributed by atoms with Crippen molar-refractivity contribution in [3.8, 4) is 5.75 Å². The molecular formula is C26H27F3N4O2. The number of aromatic nitrogens is 1. The average molecular weight is 485 g/mol. The Bertz CT molecular complexity index is 1220. The monoisotopic (exact) mass is 484 g/mol. The van der Waals surface area contributed by atoms with Crippen LogP contribution in [-0.4, -0.2) is 54.9 Å². The van der Waals surface area contributed by atoms with Gasteiger partial charge in [-0.1, -0.05) is 19.1 Å². The Hall–Kier alpha value is -3.59. The smallest absolute Gasteiger partial charge is 0.406 e. The average Bonchev–Trinajstić information content (AvgIpc) is 2.82. The van der Waals surface area contributed by atoms with Gasteiger partial charge in [0, 0.05) is 43.3 Å². The molecule has 3 aromatic rings. The largest absolute Gasteiger partial charge is 0.573 e. The number of aryl methyl sites for hydroxylation is 1. The number of piperazine rings is 1. The van der Waals surface area contributed by atoms with Gasteiger partial charge in [-0.05, 0) is 67.1 Å². The summed E-state index contributed by atoms with van der Waals surface area (Å²) in [6.45, 7) is 9.24. The molecule has 0 atom stereocenters. The molecule has 35 heavy (non-hydrogen) atoms. The summed E-state index contributed by atoms with van der Waals surface area (Å²) in [6.07, 6.45) is -1.90. The molecule has 1 saturated heterocycles. The van der Waals surface area contributed by atoms with Gasteiger partial charge in [0.2, 0.25) is 5.91 Å². The van der Waals surface area contributed by atoms with Gasteiger partial charge in [0.05, 0.1) is 5.52 Å². The number of rotatable bonds is 6. The number of nitrogens with zero attached hydrogens (tertiary/aromatic N) is 3. The van der Waals surface area contributed by atoms with Crippen molar-refractivity contribution in [2.75, 3.05) is 42.9 Å². The van der Waals surface area contributed by atoms with E-state index < -0.39 is 6.36 Å². The fourth-order valence-corrected chi connectivity index (χ4v) is 4.08. The molecule has 184 valence electrons. The number of hydrogen-bond donors (Lipinski definition) is 1. The van der Waals surface area contributed by atoms with E-state index >= 15 is 0 Å². The predicted molar refractivity (Wildman–Crippen MR) is 132 cm³/mol. The number of ether oxygens (including phenoxy) is 1. The van der Waals surface area contributed by atoms with Crippen LogP contribution >= 0.6 is 0 Å². The maximum absolute atomic E-state index is 12.4. The number of carbonyl (C=O) groups excluding carboxylic acids is 1. The van der Waals surface area contributed by atoms with Crippen molar-refractivity contribution in [3.63, 3.8) is 0 Å². The molecule has 0 saturated carbocycles. The second-order valence-electron chi connectivity index (χ2n) is 8.40. The van der Waals surface area contributed by atoms with E-state index in [4.69, 9.17) is 4.98 Å². The molecular weight excluding hydrogens is 457 g/mol. The van der Waals surface area contributed by atoms with Gasteiger partial charge in [-0.25, -0.2) is 4.98 Å². The first-order valence-corrected chi connectivity index (χ1v) is 11.4. The highest BCUT2D eigenvalue weighted by atomic mass is 19.4. The van der Waals surface area contributed by atoms with E-state index in [1.54, 1.807) is 6.07 Å². The molecule has 9 heteroatoms. The molecule has 0 aliphatic carbocycles. The van der Waals surface area contributed by atoms with Gasteiger partial charge in [0.25, 0.3) is 0 Å². The molecule has 1 N–H and O–H groups in total. The SMILES string of the molecule is CCN1CCN(c2nc3ccc(NC(=O)/C=C\c4ccc(OC(F)(F)F)cc4)cc3cc2C)CC1. The maximum Gasteiger partial charge on any atom is 0.573 e. The highest BCUT2D eigenvalue weighted by Crippen LogP contribution is 2.26. The van der Waals surface area contributed by atoms with Crippen molar-refractivity contribution < 1.29 is 22.7 Å². The molecule has 2 aromatic carbocycles. The normalized spacial score (nSPS) is 15.1. The first-order chi connectivity index (χ1) is 16.7. The second kappa shape index (κ2) is 10.4. The van der Waals surface area contributed by atoms with E-state index in [-0.39, 0.29) is 11.7 Å². The Morgan fingerprint density at radius 1 is 1.09 bits per heavy atom. The van der Waals surface area contributed by atoms with Crippen molar-refractivity contribution in [3.05, 3.63) is 65.7 Å². The van der Waals surface area contributed by atoms with Gasteiger partial charge < -0.3 is 19.9 Å². The number of nitrogens with one attached hydrogen (secondary N) is 1. The van der Waals surface area contributed by atoms with Gasteiger partial charge in [0.1, 0.15) is 11.6 Å². The first kappa shape index (κ1) is 24.5. The van der Waals surface area contributed by atoms with Crippen LogP contribution in [0.5, 0.6) is 5.75 Å². The molecule has 0 spiro atoms. The minimum atomic E-state index is -4.74. The molecule has 0 unspecified atom stereocenters. The lowest BCUT2D eigenvalue weighted by Crippen LogP contribution is -2.46. The van der Waals surface area contributed by atoms with Crippen LogP contribution in [0.15, 0.2) is 54.6 Å². The van der Waals surface area contributed by atoms with E-state index in [2.05, 4.69) is 32.8 Å². The molecule has 1 fully saturated rings. The van der Waals surface area contributed by atoms with Gasteiger partial charge >= 0.3 is 6.36 Å². The van der Waals surface area contributed by atoms with E-state index in [1.165, 1.54) is 36.4 Å². The molecule has 1 aromatic heterocycles. The Kier molecular flexibility index (Phi) is 7.25. The third-order valence-electron chi connectivity index (χ3n) is 5.91. The Labute approximate surface area is 202 Å². The van der Waals surface area contributed by atoms with Crippen LogP contribution in [0.2, 0.25) is 0 Å². The van der Waals surface area contributed by atoms with Crippen LogP contribution < -0.4 is 15.0 Å². The van der Waals surface area contributed by atoms with Crippen LogP contribution in [-0.2, 0) is 4.79 Å². The number of fused-ring (bicyclic) bond motifs is 1. The molecule has 1 aliphatic rings. The van der Waals surface area contributed by atoms with Crippen molar-refractivity contribution in [1.82, 2.24) is 9.88 Å². The zero-order valence-electron chi connectivity index (χ0n) is 19.6. The number of likely N-dealkylation sites (N-methyl/N-ethyl adjacent to an activating group) is 1. The number of pyridine rings is 1. The summed E-state index contributed by atoms with van der Waals surface area (Å²) >= 11 is 0. The molecule has 2 heterocycles. The van der Waals surface area contributed by atoms with Crippen LogP contribution in [0.4, 0.5) is 24.7 Å². The first-order valence-electron chi connectivity index (χ1n) is 11.4. The Morgan fingerprint density at radius 2 is 1.80 bits per heavy atom. The summed E-state index contributed by atoms with van der Waals surface area (Å²) in [5.74, 6) is 0.334. The fourth-order valence-electron chi connectivity index (χ4n) is 4.08. The van der Waals surface area contributed by atoms with E-state index in [0.717, 1.165) is 55.0 Å². The van der Waals surface area contributed by atoms with Gasteiger partial charge in [-0.3, -0.25) is 4.79 Å². The lowest BCUT2D eigenvalue weighted by Gasteiger charge is -2.35. The van der Waals surface area contributed by atoms with Crippen molar-refractivity contribution >= 4 is 34.4 Å². The van der Waals surface area contributed by atoms with E-state index in [9.17, 15) is 18.0 Å². The lowest BCUT2D eigenvalue weighted by atomic mass is 10.1.